The van der Waals surface area contributed by atoms with Gasteiger partial charge in [-0.15, -0.1) is 5.10 Å². The normalized spacial score (nSPS) is 10.7. The molecule has 2 aromatic heterocycles. The first-order valence-electron chi connectivity index (χ1n) is 5.66. The number of hydrogen-bond donors (Lipinski definition) is 0. The fourth-order valence-corrected chi connectivity index (χ4v) is 1.72. The highest BCUT2D eigenvalue weighted by molar-refractivity contribution is 5.59. The number of hydrogen-bond acceptors (Lipinski definition) is 7. The molecule has 0 fully saturated rings. The molecule has 0 saturated carbocycles. The van der Waals surface area contributed by atoms with Crippen LogP contribution in [0.15, 0.2) is 36.7 Å². The molecule has 3 aromatic rings. The van der Waals surface area contributed by atoms with Gasteiger partial charge in [0.2, 0.25) is 0 Å². The van der Waals surface area contributed by atoms with E-state index < -0.39 is 9.85 Å². The Morgan fingerprint density at radius 1 is 1.00 bits per heavy atom. The first kappa shape index (κ1) is 12.6. The van der Waals surface area contributed by atoms with Crippen LogP contribution < -0.4 is 0 Å². The lowest BCUT2D eigenvalue weighted by atomic mass is 10.2. The van der Waals surface area contributed by atoms with Crippen molar-refractivity contribution in [3.05, 3.63) is 56.9 Å². The van der Waals surface area contributed by atoms with Crippen molar-refractivity contribution in [1.29, 1.82) is 0 Å². The molecule has 0 aliphatic heterocycles. The van der Waals surface area contributed by atoms with Gasteiger partial charge in [0, 0.05) is 17.7 Å². The minimum atomic E-state index is -0.584. The van der Waals surface area contributed by atoms with E-state index >= 15 is 0 Å². The van der Waals surface area contributed by atoms with E-state index in [1.807, 2.05) is 0 Å². The van der Waals surface area contributed by atoms with Crippen molar-refractivity contribution in [2.45, 2.75) is 0 Å². The number of nitro benzene ring substituents is 1. The van der Waals surface area contributed by atoms with Crippen LogP contribution in [0, 0.1) is 20.2 Å². The van der Waals surface area contributed by atoms with Crippen molar-refractivity contribution in [2.24, 2.45) is 0 Å². The highest BCUT2D eigenvalue weighted by Crippen LogP contribution is 2.20. The lowest BCUT2D eigenvalue weighted by Crippen LogP contribution is -1.95. The van der Waals surface area contributed by atoms with Crippen molar-refractivity contribution >= 4 is 17.2 Å². The molecule has 0 spiro atoms. The van der Waals surface area contributed by atoms with Crippen LogP contribution in [-0.4, -0.2) is 29.4 Å². The number of fused-ring (bicyclic) bond motifs is 1. The topological polar surface area (TPSA) is 129 Å². The fraction of sp³-hybridized carbons (Fsp3) is 0. The van der Waals surface area contributed by atoms with E-state index in [0.29, 0.717) is 5.56 Å². The van der Waals surface area contributed by atoms with Crippen molar-refractivity contribution < 1.29 is 9.85 Å². The summed E-state index contributed by atoms with van der Waals surface area (Å²) >= 11 is 0. The molecule has 0 aliphatic carbocycles. The van der Waals surface area contributed by atoms with Gasteiger partial charge in [-0.2, -0.15) is 9.50 Å². The van der Waals surface area contributed by atoms with Crippen LogP contribution in [-0.2, 0) is 0 Å². The van der Waals surface area contributed by atoms with Gasteiger partial charge in [-0.05, 0) is 12.1 Å². The molecule has 10 nitrogen and oxygen atoms in total. The Balaban J connectivity index is 2.04. The first-order chi connectivity index (χ1) is 10.0. The van der Waals surface area contributed by atoms with E-state index in [0.717, 1.165) is 6.20 Å². The lowest BCUT2D eigenvalue weighted by Gasteiger charge is -1.94. The second-order valence-corrected chi connectivity index (χ2v) is 4.05. The summed E-state index contributed by atoms with van der Waals surface area (Å²) in [5.74, 6) is 0.479. The lowest BCUT2D eigenvalue weighted by molar-refractivity contribution is -0.385. The fourth-order valence-electron chi connectivity index (χ4n) is 1.72. The van der Waals surface area contributed by atoms with E-state index in [1.54, 1.807) is 0 Å². The summed E-state index contributed by atoms with van der Waals surface area (Å²) in [7, 11) is 0. The van der Waals surface area contributed by atoms with Crippen LogP contribution in [0.5, 0.6) is 0 Å². The molecule has 1 aromatic carbocycles. The van der Waals surface area contributed by atoms with Gasteiger partial charge in [0.05, 0.1) is 9.85 Å². The average Bonchev–Trinajstić information content (AvgIpc) is 2.90. The second-order valence-electron chi connectivity index (χ2n) is 4.05. The average molecular weight is 286 g/mol. The molecular formula is C11H6N6O4. The zero-order valence-corrected chi connectivity index (χ0v) is 10.3. The summed E-state index contributed by atoms with van der Waals surface area (Å²) in [5.41, 5.74) is 0.299. The van der Waals surface area contributed by atoms with Crippen LogP contribution in [0.4, 0.5) is 11.4 Å². The van der Waals surface area contributed by atoms with Gasteiger partial charge in [0.1, 0.15) is 12.4 Å². The molecule has 10 heteroatoms. The molecular weight excluding hydrogens is 280 g/mol. The smallest absolute Gasteiger partial charge is 0.258 e. The molecule has 0 amide bonds. The van der Waals surface area contributed by atoms with Gasteiger partial charge in [-0.1, -0.05) is 0 Å². The molecule has 0 unspecified atom stereocenters. The van der Waals surface area contributed by atoms with Crippen LogP contribution in [0.1, 0.15) is 0 Å². The van der Waals surface area contributed by atoms with Crippen LogP contribution in [0.25, 0.3) is 17.2 Å². The molecule has 2 heterocycles. The summed E-state index contributed by atoms with van der Waals surface area (Å²) in [5, 5.41) is 25.3. The summed E-state index contributed by atoms with van der Waals surface area (Å²) in [4.78, 5) is 28.1. The van der Waals surface area contributed by atoms with Gasteiger partial charge >= 0.3 is 5.69 Å². The Kier molecular flexibility index (Phi) is 2.76. The quantitative estimate of drug-likeness (QED) is 0.528. The predicted octanol–water partition coefficient (Wildman–Crippen LogP) is 1.61. The van der Waals surface area contributed by atoms with Gasteiger partial charge in [0.25, 0.3) is 11.5 Å². The monoisotopic (exact) mass is 286 g/mol. The third-order valence-electron chi connectivity index (χ3n) is 2.73. The van der Waals surface area contributed by atoms with E-state index in [-0.39, 0.29) is 23.0 Å². The molecule has 0 radical (unpaired) electrons. The van der Waals surface area contributed by atoms with E-state index in [9.17, 15) is 20.2 Å². The second kappa shape index (κ2) is 4.59. The molecule has 3 rings (SSSR count). The standard InChI is InChI=1S/C11H6N6O4/c18-16(19)8-3-1-7(2-4-8)10-13-11-12-5-9(17(20)21)6-15(11)14-10/h1-6H. The molecule has 0 atom stereocenters. The minimum absolute atomic E-state index is 0.0451. The molecule has 0 saturated heterocycles. The number of aromatic nitrogens is 4. The predicted molar refractivity (Wildman–Crippen MR) is 69.5 cm³/mol. The Morgan fingerprint density at radius 3 is 2.29 bits per heavy atom. The highest BCUT2D eigenvalue weighted by atomic mass is 16.6. The van der Waals surface area contributed by atoms with Gasteiger partial charge in [0.15, 0.2) is 5.82 Å². The van der Waals surface area contributed by atoms with Gasteiger partial charge in [-0.25, -0.2) is 4.98 Å². The van der Waals surface area contributed by atoms with Gasteiger partial charge < -0.3 is 0 Å². The van der Waals surface area contributed by atoms with Crippen LogP contribution >= 0.6 is 0 Å². The Hall–Kier alpha value is -3.43. The van der Waals surface area contributed by atoms with E-state index in [2.05, 4.69) is 15.1 Å². The Morgan fingerprint density at radius 2 is 1.67 bits per heavy atom. The zero-order chi connectivity index (χ0) is 15.0. The van der Waals surface area contributed by atoms with Crippen LogP contribution in [0.2, 0.25) is 0 Å². The van der Waals surface area contributed by atoms with Crippen molar-refractivity contribution in [2.75, 3.05) is 0 Å². The third kappa shape index (κ3) is 2.25. The maximum atomic E-state index is 10.7. The third-order valence-corrected chi connectivity index (χ3v) is 2.73. The number of nitro groups is 2. The first-order valence-corrected chi connectivity index (χ1v) is 5.66. The maximum absolute atomic E-state index is 10.7. The SMILES string of the molecule is O=[N+]([O-])c1ccc(-c2nc3ncc([N+](=O)[O-])cn3n2)cc1. The summed E-state index contributed by atoms with van der Waals surface area (Å²) in [6, 6.07) is 5.66. The Labute approximate surface area is 116 Å². The zero-order valence-electron chi connectivity index (χ0n) is 10.3. The number of rotatable bonds is 3. The molecule has 0 bridgehead atoms. The van der Waals surface area contributed by atoms with Crippen molar-refractivity contribution in [3.63, 3.8) is 0 Å². The largest absolute Gasteiger partial charge is 0.305 e. The number of nitrogens with zero attached hydrogens (tertiary/aromatic N) is 6. The summed E-state index contributed by atoms with van der Waals surface area (Å²) in [6.07, 6.45) is 2.29. The molecule has 0 aliphatic rings. The van der Waals surface area contributed by atoms with Crippen LogP contribution in [0.3, 0.4) is 0 Å². The van der Waals surface area contributed by atoms with E-state index in [4.69, 9.17) is 0 Å². The number of non-ortho nitro benzene ring substituents is 1. The minimum Gasteiger partial charge on any atom is -0.258 e. The molecule has 21 heavy (non-hydrogen) atoms. The highest BCUT2D eigenvalue weighted by Gasteiger charge is 2.13. The van der Waals surface area contributed by atoms with E-state index in [1.165, 1.54) is 35.0 Å². The maximum Gasteiger partial charge on any atom is 0.305 e. The van der Waals surface area contributed by atoms with Crippen molar-refractivity contribution in [3.8, 4) is 11.4 Å². The summed E-state index contributed by atoms with van der Waals surface area (Å²) in [6.45, 7) is 0. The molecule has 104 valence electrons. The number of benzene rings is 1. The summed E-state index contributed by atoms with van der Waals surface area (Å²) < 4.78 is 1.19. The van der Waals surface area contributed by atoms with Crippen molar-refractivity contribution in [1.82, 2.24) is 19.6 Å². The molecule has 0 N–H and O–H groups in total. The van der Waals surface area contributed by atoms with Gasteiger partial charge in [-0.3, -0.25) is 20.2 Å². The Bertz CT molecular complexity index is 857.